The quantitative estimate of drug-likeness (QED) is 0.678. The van der Waals surface area contributed by atoms with E-state index in [-0.39, 0.29) is 11.3 Å². The van der Waals surface area contributed by atoms with Crippen molar-refractivity contribution in [2.24, 2.45) is 0 Å². The Hall–Kier alpha value is -1.21. The summed E-state index contributed by atoms with van der Waals surface area (Å²) in [6.07, 6.45) is 0.300. The maximum atomic E-state index is 12.0. The van der Waals surface area contributed by atoms with Gasteiger partial charge in [-0.25, -0.2) is 0 Å². The van der Waals surface area contributed by atoms with Gasteiger partial charge in [0.2, 0.25) is 0 Å². The highest BCUT2D eigenvalue weighted by atomic mass is 32.2. The van der Waals surface area contributed by atoms with Crippen LogP contribution in [0.1, 0.15) is 26.2 Å². The molecule has 1 unspecified atom stereocenters. The summed E-state index contributed by atoms with van der Waals surface area (Å²) < 4.78 is 34.7. The molecule has 0 spiro atoms. The van der Waals surface area contributed by atoms with Gasteiger partial charge in [-0.05, 0) is 19.8 Å². The summed E-state index contributed by atoms with van der Waals surface area (Å²) in [6, 6.07) is 0. The maximum absolute atomic E-state index is 12.0. The zero-order valence-corrected chi connectivity index (χ0v) is 10.0. The van der Waals surface area contributed by atoms with Gasteiger partial charge in [0.15, 0.2) is 22.1 Å². The largest absolute Gasteiger partial charge is 0.489 e. The van der Waals surface area contributed by atoms with E-state index < -0.39 is 32.9 Å². The molecular formula is C10H12O6S. The van der Waals surface area contributed by atoms with Crippen LogP contribution in [0.3, 0.4) is 0 Å². The lowest BCUT2D eigenvalue weighted by Gasteiger charge is -2.32. The summed E-state index contributed by atoms with van der Waals surface area (Å²) in [5.41, 5.74) is 0.0904. The number of carbonyl (C=O) groups is 2. The highest BCUT2D eigenvalue weighted by Gasteiger charge is 2.53. The first-order valence-corrected chi connectivity index (χ1v) is 6.62. The molecule has 17 heavy (non-hydrogen) atoms. The van der Waals surface area contributed by atoms with Crippen molar-refractivity contribution in [3.63, 3.8) is 0 Å². The molecule has 1 aliphatic heterocycles. The molecule has 0 amide bonds. The van der Waals surface area contributed by atoms with Gasteiger partial charge in [-0.15, -0.1) is 0 Å². The van der Waals surface area contributed by atoms with Crippen LogP contribution in [0.4, 0.5) is 0 Å². The van der Waals surface area contributed by atoms with Gasteiger partial charge in [-0.2, -0.15) is 8.42 Å². The fourth-order valence-corrected chi connectivity index (χ4v) is 2.75. The summed E-state index contributed by atoms with van der Waals surface area (Å²) in [4.78, 5) is 23.8. The Bertz CT molecular complexity index is 529. The molecule has 1 atom stereocenters. The predicted octanol–water partition coefficient (Wildman–Crippen LogP) is 0.239. The van der Waals surface area contributed by atoms with E-state index in [4.69, 9.17) is 9.29 Å². The van der Waals surface area contributed by atoms with E-state index in [9.17, 15) is 18.0 Å². The standard InChI is InChI=1S/C10H12O6S/c1-10(17(13,14)15)5-7(11)8-6(9(10)12)3-2-4-16-8/h2-5H2,1H3,(H,13,14,15). The third kappa shape index (κ3) is 1.69. The normalized spacial score (nSPS) is 30.0. The minimum absolute atomic E-state index is 0.0256. The number of ketones is 2. The molecule has 0 saturated carbocycles. The van der Waals surface area contributed by atoms with Gasteiger partial charge in [0.25, 0.3) is 10.1 Å². The molecule has 0 aromatic rings. The number of Topliss-reactive ketones (excluding diaryl/α,β-unsaturated/α-hetero) is 2. The highest BCUT2D eigenvalue weighted by molar-refractivity contribution is 7.88. The van der Waals surface area contributed by atoms with Crippen molar-refractivity contribution in [2.45, 2.75) is 30.9 Å². The third-order valence-electron chi connectivity index (χ3n) is 3.17. The molecule has 1 aliphatic carbocycles. The number of carbonyl (C=O) groups excluding carboxylic acids is 2. The Balaban J connectivity index is 2.57. The predicted molar refractivity (Wildman–Crippen MR) is 56.8 cm³/mol. The molecule has 0 aromatic heterocycles. The van der Waals surface area contributed by atoms with Crippen molar-refractivity contribution < 1.29 is 27.3 Å². The zero-order valence-electron chi connectivity index (χ0n) is 9.23. The van der Waals surface area contributed by atoms with Gasteiger partial charge in [-0.3, -0.25) is 14.1 Å². The SMILES string of the molecule is CC1(S(=O)(=O)O)CC(=O)C2=C(CCCO2)C1=O. The molecule has 0 aromatic carbocycles. The van der Waals surface area contributed by atoms with Crippen LogP contribution in [0.2, 0.25) is 0 Å². The van der Waals surface area contributed by atoms with Crippen molar-refractivity contribution in [2.75, 3.05) is 6.61 Å². The van der Waals surface area contributed by atoms with Crippen LogP contribution in [0, 0.1) is 0 Å². The number of ether oxygens (including phenoxy) is 1. The Kier molecular flexibility index (Phi) is 2.62. The first kappa shape index (κ1) is 12.3. The second kappa shape index (κ2) is 3.64. The molecule has 7 heteroatoms. The van der Waals surface area contributed by atoms with Crippen LogP contribution >= 0.6 is 0 Å². The second-order valence-corrected chi connectivity index (χ2v) is 6.25. The van der Waals surface area contributed by atoms with Gasteiger partial charge < -0.3 is 4.74 Å². The average Bonchev–Trinajstić information content (AvgIpc) is 2.25. The van der Waals surface area contributed by atoms with Crippen molar-refractivity contribution in [3.05, 3.63) is 11.3 Å². The van der Waals surface area contributed by atoms with Crippen molar-refractivity contribution in [1.29, 1.82) is 0 Å². The van der Waals surface area contributed by atoms with Crippen LogP contribution in [0.15, 0.2) is 11.3 Å². The van der Waals surface area contributed by atoms with Gasteiger partial charge in [0, 0.05) is 12.0 Å². The van der Waals surface area contributed by atoms with Crippen LogP contribution in [-0.2, 0) is 24.4 Å². The lowest BCUT2D eigenvalue weighted by Crippen LogP contribution is -2.50. The van der Waals surface area contributed by atoms with Gasteiger partial charge in [0.05, 0.1) is 6.61 Å². The monoisotopic (exact) mass is 260 g/mol. The zero-order chi connectivity index (χ0) is 12.8. The van der Waals surface area contributed by atoms with Crippen LogP contribution in [0.5, 0.6) is 0 Å². The van der Waals surface area contributed by atoms with E-state index in [0.717, 1.165) is 6.92 Å². The molecule has 0 fully saturated rings. The lowest BCUT2D eigenvalue weighted by atomic mass is 9.83. The molecule has 0 radical (unpaired) electrons. The van der Waals surface area contributed by atoms with E-state index >= 15 is 0 Å². The van der Waals surface area contributed by atoms with Gasteiger partial charge in [-0.1, -0.05) is 0 Å². The molecule has 1 N–H and O–H groups in total. The smallest absolute Gasteiger partial charge is 0.278 e. The van der Waals surface area contributed by atoms with Crippen molar-refractivity contribution >= 4 is 21.7 Å². The minimum atomic E-state index is -4.62. The fraction of sp³-hybridized carbons (Fsp3) is 0.600. The summed E-state index contributed by atoms with van der Waals surface area (Å²) in [6.45, 7) is 1.42. The van der Waals surface area contributed by atoms with E-state index in [1.165, 1.54) is 0 Å². The second-order valence-electron chi connectivity index (χ2n) is 4.39. The highest BCUT2D eigenvalue weighted by Crippen LogP contribution is 2.36. The molecule has 0 bridgehead atoms. The van der Waals surface area contributed by atoms with E-state index in [0.29, 0.717) is 19.4 Å². The summed E-state index contributed by atoms with van der Waals surface area (Å²) >= 11 is 0. The summed E-state index contributed by atoms with van der Waals surface area (Å²) in [5, 5.41) is 0. The molecule has 1 heterocycles. The van der Waals surface area contributed by atoms with Gasteiger partial charge >= 0.3 is 0 Å². The summed E-state index contributed by atoms with van der Waals surface area (Å²) in [7, 11) is -4.62. The Morgan fingerprint density at radius 2 is 2.00 bits per heavy atom. The molecule has 0 saturated heterocycles. The Morgan fingerprint density at radius 1 is 1.35 bits per heavy atom. The lowest BCUT2D eigenvalue weighted by molar-refractivity contribution is -0.128. The molecule has 2 aliphatic rings. The van der Waals surface area contributed by atoms with E-state index in [1.54, 1.807) is 0 Å². The Morgan fingerprint density at radius 3 is 2.59 bits per heavy atom. The molecule has 6 nitrogen and oxygen atoms in total. The number of rotatable bonds is 1. The number of hydrogen-bond donors (Lipinski definition) is 1. The first-order valence-electron chi connectivity index (χ1n) is 5.18. The van der Waals surface area contributed by atoms with Gasteiger partial charge in [0.1, 0.15) is 0 Å². The maximum Gasteiger partial charge on any atom is 0.278 e. The number of allylic oxidation sites excluding steroid dienone is 2. The van der Waals surface area contributed by atoms with E-state index in [1.807, 2.05) is 0 Å². The minimum Gasteiger partial charge on any atom is -0.489 e. The topological polar surface area (TPSA) is 97.7 Å². The molecule has 2 rings (SSSR count). The average molecular weight is 260 g/mol. The van der Waals surface area contributed by atoms with E-state index in [2.05, 4.69) is 0 Å². The summed E-state index contributed by atoms with van der Waals surface area (Å²) in [5.74, 6) is -1.30. The molecular weight excluding hydrogens is 248 g/mol. The number of hydrogen-bond acceptors (Lipinski definition) is 5. The Labute approximate surface area is 98.4 Å². The third-order valence-corrected chi connectivity index (χ3v) is 4.63. The molecule has 94 valence electrons. The van der Waals surface area contributed by atoms with Crippen LogP contribution in [-0.4, -0.2) is 35.9 Å². The van der Waals surface area contributed by atoms with Crippen LogP contribution in [0.25, 0.3) is 0 Å². The van der Waals surface area contributed by atoms with Crippen LogP contribution < -0.4 is 0 Å². The van der Waals surface area contributed by atoms with Crippen molar-refractivity contribution in [1.82, 2.24) is 0 Å². The first-order chi connectivity index (χ1) is 7.77. The van der Waals surface area contributed by atoms with Crippen molar-refractivity contribution in [3.8, 4) is 0 Å². The fourth-order valence-electron chi connectivity index (χ4n) is 2.08.